The van der Waals surface area contributed by atoms with E-state index in [1.165, 1.54) is 16.3 Å². The minimum absolute atomic E-state index is 0.813. The minimum atomic E-state index is 0.813. The van der Waals surface area contributed by atoms with Crippen LogP contribution >= 0.6 is 0 Å². The monoisotopic (exact) mass is 435 g/mol. The molecule has 0 radical (unpaired) electrons. The van der Waals surface area contributed by atoms with E-state index in [-0.39, 0.29) is 0 Å². The first-order chi connectivity index (χ1) is 16.8. The lowest BCUT2D eigenvalue weighted by atomic mass is 10.00. The van der Waals surface area contributed by atoms with Crippen molar-refractivity contribution < 1.29 is 4.42 Å². The maximum atomic E-state index is 5.98. The number of hydrogen-bond acceptors (Lipinski definition) is 3. The predicted molar refractivity (Wildman–Crippen MR) is 137 cm³/mol. The van der Waals surface area contributed by atoms with Crippen molar-refractivity contribution in [2.24, 2.45) is 0 Å². The minimum Gasteiger partial charge on any atom is -0.454 e. The molecule has 0 saturated carbocycles. The van der Waals surface area contributed by atoms with E-state index >= 15 is 0 Å². The summed E-state index contributed by atoms with van der Waals surface area (Å²) >= 11 is 0. The third-order valence-corrected chi connectivity index (χ3v) is 6.80. The number of aromatic nitrogens is 3. The van der Waals surface area contributed by atoms with Crippen LogP contribution in [0.3, 0.4) is 0 Å². The van der Waals surface area contributed by atoms with Crippen molar-refractivity contribution in [2.75, 3.05) is 0 Å². The molecule has 4 nitrogen and oxygen atoms in total. The SMILES string of the molecule is c1ccc(-c2nc3cccc4c5ccc(-c6ccc7oc8cccnc8c7c6)cc5c2n34)cc1. The molecular weight excluding hydrogens is 418 g/mol. The topological polar surface area (TPSA) is 43.3 Å². The summed E-state index contributed by atoms with van der Waals surface area (Å²) in [6.07, 6.45) is 1.81. The first-order valence-corrected chi connectivity index (χ1v) is 11.3. The van der Waals surface area contributed by atoms with Crippen molar-refractivity contribution in [3.8, 4) is 22.4 Å². The molecule has 0 bridgehead atoms. The lowest BCUT2D eigenvalue weighted by Gasteiger charge is -2.04. The Labute approximate surface area is 194 Å². The van der Waals surface area contributed by atoms with Gasteiger partial charge in [-0.25, -0.2) is 4.98 Å². The van der Waals surface area contributed by atoms with E-state index in [9.17, 15) is 0 Å². The van der Waals surface area contributed by atoms with Crippen molar-refractivity contribution >= 4 is 49.5 Å². The molecule has 0 N–H and O–H groups in total. The van der Waals surface area contributed by atoms with Crippen LogP contribution in [0.1, 0.15) is 0 Å². The van der Waals surface area contributed by atoms with Crippen LogP contribution in [0.4, 0.5) is 0 Å². The predicted octanol–water partition coefficient (Wildman–Crippen LogP) is 7.71. The smallest absolute Gasteiger partial charge is 0.153 e. The molecule has 5 aromatic heterocycles. The highest BCUT2D eigenvalue weighted by molar-refractivity contribution is 6.15. The lowest BCUT2D eigenvalue weighted by molar-refractivity contribution is 0.668. The molecule has 4 heteroatoms. The van der Waals surface area contributed by atoms with E-state index in [2.05, 4.69) is 82.2 Å². The molecule has 0 saturated heterocycles. The number of fused-ring (bicyclic) bond motifs is 6. The van der Waals surface area contributed by atoms with Crippen molar-refractivity contribution in [1.82, 2.24) is 14.4 Å². The Morgan fingerprint density at radius 3 is 2.38 bits per heavy atom. The summed E-state index contributed by atoms with van der Waals surface area (Å²) in [4.78, 5) is 9.55. The Morgan fingerprint density at radius 2 is 1.47 bits per heavy atom. The van der Waals surface area contributed by atoms with Crippen LogP contribution in [0, 0.1) is 0 Å². The summed E-state index contributed by atoms with van der Waals surface area (Å²) in [6, 6.07) is 33.7. The Hall–Kier alpha value is -4.70. The van der Waals surface area contributed by atoms with Crippen molar-refractivity contribution in [1.29, 1.82) is 0 Å². The number of rotatable bonds is 2. The van der Waals surface area contributed by atoms with Crippen LogP contribution in [0.2, 0.25) is 0 Å². The second-order valence-electron chi connectivity index (χ2n) is 8.70. The van der Waals surface area contributed by atoms with E-state index in [1.54, 1.807) is 0 Å². The molecule has 0 aliphatic carbocycles. The maximum absolute atomic E-state index is 5.98. The van der Waals surface area contributed by atoms with E-state index in [1.807, 2.05) is 30.5 Å². The summed E-state index contributed by atoms with van der Waals surface area (Å²) in [7, 11) is 0. The van der Waals surface area contributed by atoms with Gasteiger partial charge in [0.05, 0.1) is 16.7 Å². The Bertz CT molecular complexity index is 2010. The van der Waals surface area contributed by atoms with Gasteiger partial charge in [0, 0.05) is 27.9 Å². The number of hydrogen-bond donors (Lipinski definition) is 0. The highest BCUT2D eigenvalue weighted by Crippen LogP contribution is 2.39. The number of furan rings is 1. The summed E-state index contributed by atoms with van der Waals surface area (Å²) in [5.74, 6) is 0. The van der Waals surface area contributed by atoms with Gasteiger partial charge in [0.25, 0.3) is 0 Å². The molecule has 0 aliphatic heterocycles. The van der Waals surface area contributed by atoms with Crippen LogP contribution in [0.25, 0.3) is 71.9 Å². The van der Waals surface area contributed by atoms with Crippen LogP contribution < -0.4 is 0 Å². The molecule has 0 unspecified atom stereocenters. The van der Waals surface area contributed by atoms with Gasteiger partial charge < -0.3 is 4.42 Å². The largest absolute Gasteiger partial charge is 0.454 e. The molecule has 0 spiro atoms. The third kappa shape index (κ3) is 2.32. The molecular formula is C30H17N3O. The van der Waals surface area contributed by atoms with E-state index in [0.29, 0.717) is 0 Å². The quantitative estimate of drug-likeness (QED) is 0.279. The summed E-state index contributed by atoms with van der Waals surface area (Å²) in [6.45, 7) is 0. The molecule has 0 atom stereocenters. The summed E-state index contributed by atoms with van der Waals surface area (Å²) in [5.41, 5.74) is 10.3. The second-order valence-corrected chi connectivity index (χ2v) is 8.70. The van der Waals surface area contributed by atoms with Crippen LogP contribution in [0.5, 0.6) is 0 Å². The van der Waals surface area contributed by atoms with Gasteiger partial charge in [-0.05, 0) is 53.6 Å². The molecule has 5 heterocycles. The fourth-order valence-corrected chi connectivity index (χ4v) is 5.27. The van der Waals surface area contributed by atoms with Gasteiger partial charge in [0.15, 0.2) is 5.58 Å². The molecule has 0 fully saturated rings. The standard InChI is InChI=1S/C30H17N3O/c1-2-6-18(7-3-1)28-30-22-16-19(11-13-21(22)24-8-4-10-27(32-28)33(24)30)20-12-14-25-23(17-20)29-26(34-25)9-5-15-31-29/h1-17H. The molecule has 0 aliphatic rings. The normalized spacial score (nSPS) is 12.1. The first kappa shape index (κ1) is 17.8. The summed E-state index contributed by atoms with van der Waals surface area (Å²) < 4.78 is 8.26. The average molecular weight is 435 g/mol. The van der Waals surface area contributed by atoms with E-state index in [0.717, 1.165) is 55.6 Å². The highest BCUT2D eigenvalue weighted by Gasteiger charge is 2.19. The highest BCUT2D eigenvalue weighted by atomic mass is 16.3. The van der Waals surface area contributed by atoms with E-state index in [4.69, 9.17) is 9.40 Å². The fraction of sp³-hybridized carbons (Fsp3) is 0. The van der Waals surface area contributed by atoms with Gasteiger partial charge in [0.1, 0.15) is 16.7 Å². The third-order valence-electron chi connectivity index (χ3n) is 6.80. The van der Waals surface area contributed by atoms with Crippen LogP contribution in [0.15, 0.2) is 108 Å². The number of imidazole rings is 1. The zero-order valence-electron chi connectivity index (χ0n) is 18.1. The average Bonchev–Trinajstić information content (AvgIpc) is 3.57. The number of nitrogens with zero attached hydrogens (tertiary/aromatic N) is 3. The second kappa shape index (κ2) is 6.42. The zero-order valence-corrected chi connectivity index (χ0v) is 18.1. The summed E-state index contributed by atoms with van der Waals surface area (Å²) in [5, 5.41) is 3.48. The van der Waals surface area contributed by atoms with Crippen LogP contribution in [-0.2, 0) is 0 Å². The van der Waals surface area contributed by atoms with Crippen molar-refractivity contribution in [3.05, 3.63) is 103 Å². The van der Waals surface area contributed by atoms with Gasteiger partial charge in [-0.3, -0.25) is 9.38 Å². The molecule has 8 aromatic rings. The van der Waals surface area contributed by atoms with Gasteiger partial charge in [-0.1, -0.05) is 54.6 Å². The van der Waals surface area contributed by atoms with Crippen LogP contribution in [-0.4, -0.2) is 14.4 Å². The Morgan fingerprint density at radius 1 is 0.618 bits per heavy atom. The maximum Gasteiger partial charge on any atom is 0.153 e. The Balaban J connectivity index is 1.43. The van der Waals surface area contributed by atoms with Gasteiger partial charge in [-0.15, -0.1) is 0 Å². The number of pyridine rings is 2. The molecule has 34 heavy (non-hydrogen) atoms. The Kier molecular flexibility index (Phi) is 3.36. The van der Waals surface area contributed by atoms with Crippen molar-refractivity contribution in [3.63, 3.8) is 0 Å². The first-order valence-electron chi connectivity index (χ1n) is 11.3. The molecule has 3 aromatic carbocycles. The van der Waals surface area contributed by atoms with Crippen molar-refractivity contribution in [2.45, 2.75) is 0 Å². The van der Waals surface area contributed by atoms with E-state index < -0.39 is 0 Å². The lowest BCUT2D eigenvalue weighted by Crippen LogP contribution is -1.81. The van der Waals surface area contributed by atoms with Gasteiger partial charge in [-0.2, -0.15) is 0 Å². The van der Waals surface area contributed by atoms with Gasteiger partial charge >= 0.3 is 0 Å². The van der Waals surface area contributed by atoms with Gasteiger partial charge in [0.2, 0.25) is 0 Å². The fourth-order valence-electron chi connectivity index (χ4n) is 5.27. The molecule has 8 rings (SSSR count). The molecule has 158 valence electrons. The number of benzene rings is 3. The molecule has 0 amide bonds. The zero-order chi connectivity index (χ0) is 22.2.